The van der Waals surface area contributed by atoms with Crippen molar-refractivity contribution in [2.45, 2.75) is 25.4 Å². The predicted molar refractivity (Wildman–Crippen MR) is 80.7 cm³/mol. The SMILES string of the molecule is c1ccc(COCC2CCOC(c3ccccc3)O2)cc1. The molecule has 0 amide bonds. The first-order valence-corrected chi connectivity index (χ1v) is 7.35. The summed E-state index contributed by atoms with van der Waals surface area (Å²) in [5, 5.41) is 0. The summed E-state index contributed by atoms with van der Waals surface area (Å²) in [5.74, 6) is 0. The zero-order valence-corrected chi connectivity index (χ0v) is 12.0. The maximum atomic E-state index is 5.96. The maximum absolute atomic E-state index is 5.96. The van der Waals surface area contributed by atoms with Gasteiger partial charge in [0.05, 0.1) is 25.9 Å². The van der Waals surface area contributed by atoms with Crippen LogP contribution in [0.2, 0.25) is 0 Å². The Morgan fingerprint density at radius 3 is 2.43 bits per heavy atom. The van der Waals surface area contributed by atoms with E-state index in [0.29, 0.717) is 19.8 Å². The van der Waals surface area contributed by atoms with Gasteiger partial charge in [0.25, 0.3) is 0 Å². The molecule has 2 aromatic rings. The molecule has 2 unspecified atom stereocenters. The normalized spacial score (nSPS) is 22.1. The molecule has 1 aliphatic heterocycles. The fraction of sp³-hybridized carbons (Fsp3) is 0.333. The summed E-state index contributed by atoms with van der Waals surface area (Å²) < 4.78 is 17.4. The van der Waals surface area contributed by atoms with E-state index in [1.54, 1.807) is 0 Å². The summed E-state index contributed by atoms with van der Waals surface area (Å²) in [6.45, 7) is 1.93. The Balaban J connectivity index is 1.48. The standard InChI is InChI=1S/C18H20O3/c1-3-7-15(8-4-1)13-19-14-17-11-12-20-18(21-17)16-9-5-2-6-10-16/h1-10,17-18H,11-14H2. The van der Waals surface area contributed by atoms with Crippen LogP contribution in [0.25, 0.3) is 0 Å². The Kier molecular flexibility index (Phi) is 5.00. The van der Waals surface area contributed by atoms with Gasteiger partial charge in [-0.3, -0.25) is 0 Å². The monoisotopic (exact) mass is 284 g/mol. The molecule has 2 atom stereocenters. The van der Waals surface area contributed by atoms with Gasteiger partial charge in [0.2, 0.25) is 0 Å². The Hall–Kier alpha value is -1.68. The Labute approximate surface area is 125 Å². The van der Waals surface area contributed by atoms with Gasteiger partial charge in [-0.05, 0) is 12.0 Å². The van der Waals surface area contributed by atoms with Gasteiger partial charge >= 0.3 is 0 Å². The lowest BCUT2D eigenvalue weighted by Crippen LogP contribution is -2.30. The third-order valence-corrected chi connectivity index (χ3v) is 3.51. The maximum Gasteiger partial charge on any atom is 0.184 e. The van der Waals surface area contributed by atoms with Crippen LogP contribution in [-0.2, 0) is 20.8 Å². The Morgan fingerprint density at radius 1 is 0.952 bits per heavy atom. The number of benzene rings is 2. The van der Waals surface area contributed by atoms with Gasteiger partial charge in [-0.15, -0.1) is 0 Å². The average molecular weight is 284 g/mol. The van der Waals surface area contributed by atoms with Crippen LogP contribution in [0.3, 0.4) is 0 Å². The largest absolute Gasteiger partial charge is 0.374 e. The molecule has 1 fully saturated rings. The molecular weight excluding hydrogens is 264 g/mol. The van der Waals surface area contributed by atoms with E-state index in [-0.39, 0.29) is 12.4 Å². The highest BCUT2D eigenvalue weighted by Crippen LogP contribution is 2.26. The molecule has 0 N–H and O–H groups in total. The van der Waals surface area contributed by atoms with Crippen molar-refractivity contribution in [1.82, 2.24) is 0 Å². The first-order chi connectivity index (χ1) is 10.4. The van der Waals surface area contributed by atoms with Crippen LogP contribution in [-0.4, -0.2) is 19.3 Å². The second-order valence-corrected chi connectivity index (χ2v) is 5.16. The smallest absolute Gasteiger partial charge is 0.184 e. The minimum atomic E-state index is -0.273. The molecule has 0 bridgehead atoms. The van der Waals surface area contributed by atoms with Crippen LogP contribution in [0.4, 0.5) is 0 Å². The van der Waals surface area contributed by atoms with E-state index in [4.69, 9.17) is 14.2 Å². The highest BCUT2D eigenvalue weighted by Gasteiger charge is 2.24. The van der Waals surface area contributed by atoms with E-state index in [0.717, 1.165) is 12.0 Å². The first kappa shape index (κ1) is 14.3. The van der Waals surface area contributed by atoms with E-state index in [9.17, 15) is 0 Å². The van der Waals surface area contributed by atoms with Gasteiger partial charge < -0.3 is 14.2 Å². The van der Waals surface area contributed by atoms with Gasteiger partial charge in [-0.25, -0.2) is 0 Å². The minimum absolute atomic E-state index is 0.0904. The third-order valence-electron chi connectivity index (χ3n) is 3.51. The second kappa shape index (κ2) is 7.36. The van der Waals surface area contributed by atoms with E-state index in [2.05, 4.69) is 12.1 Å². The topological polar surface area (TPSA) is 27.7 Å². The molecule has 0 saturated carbocycles. The zero-order chi connectivity index (χ0) is 14.3. The summed E-state index contributed by atoms with van der Waals surface area (Å²) in [6, 6.07) is 20.2. The van der Waals surface area contributed by atoms with Crippen molar-refractivity contribution < 1.29 is 14.2 Å². The summed E-state index contributed by atoms with van der Waals surface area (Å²) >= 11 is 0. The van der Waals surface area contributed by atoms with Crippen LogP contribution in [0.1, 0.15) is 23.8 Å². The molecule has 3 nitrogen and oxygen atoms in total. The number of ether oxygens (including phenoxy) is 3. The van der Waals surface area contributed by atoms with Crippen molar-refractivity contribution in [3.05, 3.63) is 71.8 Å². The summed E-state index contributed by atoms with van der Waals surface area (Å²) in [7, 11) is 0. The van der Waals surface area contributed by atoms with Crippen LogP contribution in [0.15, 0.2) is 60.7 Å². The molecule has 0 aliphatic carbocycles. The number of rotatable bonds is 5. The molecule has 1 saturated heterocycles. The van der Waals surface area contributed by atoms with Crippen molar-refractivity contribution in [1.29, 1.82) is 0 Å². The molecule has 2 aromatic carbocycles. The van der Waals surface area contributed by atoms with E-state index in [1.807, 2.05) is 48.5 Å². The highest BCUT2D eigenvalue weighted by molar-refractivity contribution is 5.16. The lowest BCUT2D eigenvalue weighted by atomic mass is 10.2. The van der Waals surface area contributed by atoms with E-state index < -0.39 is 0 Å². The van der Waals surface area contributed by atoms with Crippen molar-refractivity contribution in [2.24, 2.45) is 0 Å². The quantitative estimate of drug-likeness (QED) is 0.837. The van der Waals surface area contributed by atoms with Gasteiger partial charge in [0, 0.05) is 5.56 Å². The van der Waals surface area contributed by atoms with Crippen molar-refractivity contribution in [2.75, 3.05) is 13.2 Å². The summed E-state index contributed by atoms with van der Waals surface area (Å²) in [4.78, 5) is 0. The number of hydrogen-bond acceptors (Lipinski definition) is 3. The molecular formula is C18H20O3. The predicted octanol–water partition coefficient (Wildman–Crippen LogP) is 3.71. The Bertz CT molecular complexity index is 527. The highest BCUT2D eigenvalue weighted by atomic mass is 16.7. The molecule has 110 valence electrons. The fourth-order valence-corrected chi connectivity index (χ4v) is 2.38. The first-order valence-electron chi connectivity index (χ1n) is 7.35. The lowest BCUT2D eigenvalue weighted by molar-refractivity contribution is -0.228. The van der Waals surface area contributed by atoms with Gasteiger partial charge in [0.1, 0.15) is 0 Å². The zero-order valence-electron chi connectivity index (χ0n) is 12.0. The van der Waals surface area contributed by atoms with E-state index in [1.165, 1.54) is 5.56 Å². The third kappa shape index (κ3) is 4.14. The van der Waals surface area contributed by atoms with Crippen molar-refractivity contribution in [3.8, 4) is 0 Å². The van der Waals surface area contributed by atoms with Gasteiger partial charge in [0.15, 0.2) is 6.29 Å². The minimum Gasteiger partial charge on any atom is -0.374 e. The molecule has 0 aromatic heterocycles. The molecule has 3 heteroatoms. The van der Waals surface area contributed by atoms with Gasteiger partial charge in [-0.2, -0.15) is 0 Å². The van der Waals surface area contributed by atoms with Crippen molar-refractivity contribution >= 4 is 0 Å². The molecule has 1 aliphatic rings. The second-order valence-electron chi connectivity index (χ2n) is 5.16. The van der Waals surface area contributed by atoms with E-state index >= 15 is 0 Å². The number of hydrogen-bond donors (Lipinski definition) is 0. The molecule has 21 heavy (non-hydrogen) atoms. The molecule has 3 rings (SSSR count). The summed E-state index contributed by atoms with van der Waals surface area (Å²) in [5.41, 5.74) is 2.24. The van der Waals surface area contributed by atoms with Crippen LogP contribution in [0, 0.1) is 0 Å². The molecule has 0 spiro atoms. The molecule has 0 radical (unpaired) electrons. The Morgan fingerprint density at radius 2 is 1.67 bits per heavy atom. The van der Waals surface area contributed by atoms with Crippen LogP contribution >= 0.6 is 0 Å². The average Bonchev–Trinajstić information content (AvgIpc) is 2.57. The molecule has 1 heterocycles. The summed E-state index contributed by atoms with van der Waals surface area (Å²) in [6.07, 6.45) is 0.691. The fourth-order valence-electron chi connectivity index (χ4n) is 2.38. The van der Waals surface area contributed by atoms with Crippen LogP contribution in [0.5, 0.6) is 0 Å². The van der Waals surface area contributed by atoms with Crippen molar-refractivity contribution in [3.63, 3.8) is 0 Å². The lowest BCUT2D eigenvalue weighted by Gasteiger charge is -2.30. The van der Waals surface area contributed by atoms with Crippen LogP contribution < -0.4 is 0 Å². The van der Waals surface area contributed by atoms with Gasteiger partial charge in [-0.1, -0.05) is 60.7 Å².